The number of likely N-dealkylation sites (tertiary alicyclic amines) is 1. The standard InChI is InChI=1S/C23H21N3O2/c1-15(27)26-13-18-12-25(14-20(18)19-6-2-3-7-22(19)26)23(28)17-8-9-21-16(11-17)5-4-10-24-21/h2-11,18,20H,12-14H2,1H3. The monoisotopic (exact) mass is 371 g/mol. The zero-order valence-electron chi connectivity index (χ0n) is 15.7. The molecule has 0 spiro atoms. The van der Waals surface area contributed by atoms with Gasteiger partial charge in [0.2, 0.25) is 5.91 Å². The van der Waals surface area contributed by atoms with E-state index in [2.05, 4.69) is 11.1 Å². The summed E-state index contributed by atoms with van der Waals surface area (Å²) in [6.45, 7) is 3.64. The van der Waals surface area contributed by atoms with Crippen molar-refractivity contribution >= 4 is 28.4 Å². The molecule has 28 heavy (non-hydrogen) atoms. The lowest BCUT2D eigenvalue weighted by atomic mass is 9.84. The molecule has 140 valence electrons. The van der Waals surface area contributed by atoms with E-state index in [1.165, 1.54) is 5.56 Å². The largest absolute Gasteiger partial charge is 0.338 e. The van der Waals surface area contributed by atoms with Gasteiger partial charge in [-0.1, -0.05) is 24.3 Å². The van der Waals surface area contributed by atoms with Crippen LogP contribution in [-0.4, -0.2) is 41.3 Å². The Morgan fingerprint density at radius 2 is 1.86 bits per heavy atom. The highest BCUT2D eigenvalue weighted by atomic mass is 16.2. The molecule has 5 heteroatoms. The second kappa shape index (κ2) is 6.44. The Labute approximate surface area is 163 Å². The van der Waals surface area contributed by atoms with Crippen LogP contribution in [0.1, 0.15) is 28.8 Å². The van der Waals surface area contributed by atoms with Gasteiger partial charge in [-0.2, -0.15) is 0 Å². The Kier molecular flexibility index (Phi) is 3.90. The molecule has 2 aromatic carbocycles. The fourth-order valence-corrected chi connectivity index (χ4v) is 4.64. The summed E-state index contributed by atoms with van der Waals surface area (Å²) in [6, 6.07) is 17.6. The predicted octanol–water partition coefficient (Wildman–Crippen LogP) is 3.46. The fourth-order valence-electron chi connectivity index (χ4n) is 4.64. The highest BCUT2D eigenvalue weighted by Gasteiger charge is 2.42. The molecule has 0 aliphatic carbocycles. The molecule has 1 aromatic heterocycles. The summed E-state index contributed by atoms with van der Waals surface area (Å²) in [7, 11) is 0. The summed E-state index contributed by atoms with van der Waals surface area (Å²) in [5, 5.41) is 0.970. The van der Waals surface area contributed by atoms with Crippen LogP contribution in [0.15, 0.2) is 60.8 Å². The summed E-state index contributed by atoms with van der Waals surface area (Å²) >= 11 is 0. The lowest BCUT2D eigenvalue weighted by Crippen LogP contribution is -2.40. The van der Waals surface area contributed by atoms with E-state index in [0.717, 1.165) is 16.6 Å². The lowest BCUT2D eigenvalue weighted by molar-refractivity contribution is -0.116. The van der Waals surface area contributed by atoms with Gasteiger partial charge in [-0.05, 0) is 35.9 Å². The zero-order valence-corrected chi connectivity index (χ0v) is 15.7. The SMILES string of the molecule is CC(=O)N1CC2CN(C(=O)c3ccc4ncccc4c3)CC2c2ccccc21. The van der Waals surface area contributed by atoms with Gasteiger partial charge >= 0.3 is 0 Å². The average molecular weight is 371 g/mol. The van der Waals surface area contributed by atoms with Gasteiger partial charge in [-0.3, -0.25) is 14.6 Å². The smallest absolute Gasteiger partial charge is 0.253 e. The summed E-state index contributed by atoms with van der Waals surface area (Å²) in [6.07, 6.45) is 1.76. The van der Waals surface area contributed by atoms with Gasteiger partial charge in [-0.15, -0.1) is 0 Å². The number of hydrogen-bond donors (Lipinski definition) is 0. The van der Waals surface area contributed by atoms with E-state index >= 15 is 0 Å². The van der Waals surface area contributed by atoms with Crippen molar-refractivity contribution in [1.82, 2.24) is 9.88 Å². The topological polar surface area (TPSA) is 53.5 Å². The number of rotatable bonds is 1. The zero-order chi connectivity index (χ0) is 19.3. The molecule has 3 aromatic rings. The number of carbonyl (C=O) groups excluding carboxylic acids is 2. The van der Waals surface area contributed by atoms with E-state index in [9.17, 15) is 9.59 Å². The first-order valence-electron chi connectivity index (χ1n) is 9.63. The van der Waals surface area contributed by atoms with Gasteiger partial charge in [0, 0.05) is 61.2 Å². The molecule has 0 radical (unpaired) electrons. The fraction of sp³-hybridized carbons (Fsp3) is 0.261. The normalized spacial score (nSPS) is 20.8. The van der Waals surface area contributed by atoms with Crippen LogP contribution in [0.3, 0.4) is 0 Å². The maximum Gasteiger partial charge on any atom is 0.253 e. The number of hydrogen-bond acceptors (Lipinski definition) is 3. The molecule has 0 bridgehead atoms. The van der Waals surface area contributed by atoms with Crippen molar-refractivity contribution in [1.29, 1.82) is 0 Å². The quantitative estimate of drug-likeness (QED) is 0.658. The number of fused-ring (bicyclic) bond motifs is 4. The number of para-hydroxylation sites is 1. The number of anilines is 1. The van der Waals surface area contributed by atoms with Crippen molar-refractivity contribution in [2.75, 3.05) is 24.5 Å². The van der Waals surface area contributed by atoms with Crippen LogP contribution >= 0.6 is 0 Å². The van der Waals surface area contributed by atoms with Gasteiger partial charge in [0.25, 0.3) is 5.91 Å². The summed E-state index contributed by atoms with van der Waals surface area (Å²) in [5.74, 6) is 0.646. The van der Waals surface area contributed by atoms with Crippen LogP contribution in [-0.2, 0) is 4.79 Å². The van der Waals surface area contributed by atoms with Crippen molar-refractivity contribution in [3.63, 3.8) is 0 Å². The summed E-state index contributed by atoms with van der Waals surface area (Å²) in [4.78, 5) is 33.5. The van der Waals surface area contributed by atoms with Crippen molar-refractivity contribution in [3.05, 3.63) is 71.9 Å². The Balaban J connectivity index is 1.45. The second-order valence-electron chi connectivity index (χ2n) is 7.68. The van der Waals surface area contributed by atoms with Gasteiger partial charge in [0.15, 0.2) is 0 Å². The van der Waals surface area contributed by atoms with Crippen LogP contribution in [0.5, 0.6) is 0 Å². The molecule has 2 aliphatic rings. The molecular weight excluding hydrogens is 350 g/mol. The minimum absolute atomic E-state index is 0.0482. The van der Waals surface area contributed by atoms with Crippen molar-refractivity contribution in [2.24, 2.45) is 5.92 Å². The third-order valence-corrected chi connectivity index (χ3v) is 6.00. The van der Waals surface area contributed by atoms with Crippen molar-refractivity contribution in [2.45, 2.75) is 12.8 Å². The maximum absolute atomic E-state index is 13.2. The third kappa shape index (κ3) is 2.66. The van der Waals surface area contributed by atoms with Gasteiger partial charge in [0.1, 0.15) is 0 Å². The number of nitrogens with zero attached hydrogens (tertiary/aromatic N) is 3. The average Bonchev–Trinajstić information content (AvgIpc) is 3.16. The highest BCUT2D eigenvalue weighted by Crippen LogP contribution is 2.43. The first-order valence-corrected chi connectivity index (χ1v) is 9.63. The van der Waals surface area contributed by atoms with E-state index in [1.807, 2.05) is 58.3 Å². The molecule has 5 nitrogen and oxygen atoms in total. The van der Waals surface area contributed by atoms with Crippen molar-refractivity contribution in [3.8, 4) is 0 Å². The van der Waals surface area contributed by atoms with Crippen LogP contribution in [0.2, 0.25) is 0 Å². The summed E-state index contributed by atoms with van der Waals surface area (Å²) in [5.41, 5.74) is 3.74. The minimum Gasteiger partial charge on any atom is -0.338 e. The first-order chi connectivity index (χ1) is 13.6. The minimum atomic E-state index is 0.0482. The van der Waals surface area contributed by atoms with E-state index in [1.54, 1.807) is 13.1 Å². The highest BCUT2D eigenvalue weighted by molar-refractivity contribution is 5.98. The molecule has 1 saturated heterocycles. The molecule has 0 saturated carbocycles. The Bertz CT molecular complexity index is 1090. The Hall–Kier alpha value is -3.21. The number of carbonyl (C=O) groups is 2. The van der Waals surface area contributed by atoms with E-state index in [0.29, 0.717) is 25.2 Å². The molecule has 3 heterocycles. The maximum atomic E-state index is 13.2. The van der Waals surface area contributed by atoms with Gasteiger partial charge < -0.3 is 9.80 Å². The van der Waals surface area contributed by atoms with E-state index in [4.69, 9.17) is 0 Å². The number of pyridine rings is 1. The molecule has 2 unspecified atom stereocenters. The van der Waals surface area contributed by atoms with Crippen LogP contribution in [0.25, 0.3) is 10.9 Å². The molecule has 1 fully saturated rings. The van der Waals surface area contributed by atoms with Crippen molar-refractivity contribution < 1.29 is 9.59 Å². The van der Waals surface area contributed by atoms with Crippen LogP contribution < -0.4 is 4.90 Å². The number of benzene rings is 2. The Morgan fingerprint density at radius 1 is 1.00 bits per heavy atom. The number of aromatic nitrogens is 1. The lowest BCUT2D eigenvalue weighted by Gasteiger charge is -2.35. The second-order valence-corrected chi connectivity index (χ2v) is 7.68. The molecule has 2 amide bonds. The number of amides is 2. The first kappa shape index (κ1) is 16.9. The molecular formula is C23H21N3O2. The van der Waals surface area contributed by atoms with Crippen LogP contribution in [0, 0.1) is 5.92 Å². The molecule has 5 rings (SSSR count). The van der Waals surface area contributed by atoms with E-state index < -0.39 is 0 Å². The molecule has 2 aliphatic heterocycles. The van der Waals surface area contributed by atoms with Gasteiger partial charge in [0.05, 0.1) is 5.52 Å². The van der Waals surface area contributed by atoms with Crippen LogP contribution in [0.4, 0.5) is 5.69 Å². The predicted molar refractivity (Wildman–Crippen MR) is 108 cm³/mol. The summed E-state index contributed by atoms with van der Waals surface area (Å²) < 4.78 is 0. The third-order valence-electron chi connectivity index (χ3n) is 6.00. The molecule has 0 N–H and O–H groups in total. The molecule has 2 atom stereocenters. The van der Waals surface area contributed by atoms with E-state index in [-0.39, 0.29) is 23.7 Å². The Morgan fingerprint density at radius 3 is 2.71 bits per heavy atom. The van der Waals surface area contributed by atoms with Gasteiger partial charge in [-0.25, -0.2) is 0 Å².